The molecule has 0 saturated heterocycles. The summed E-state index contributed by atoms with van der Waals surface area (Å²) in [6.45, 7) is 4.27. The number of amides is 1. The summed E-state index contributed by atoms with van der Waals surface area (Å²) < 4.78 is 5.00. The average molecular weight is 267 g/mol. The van der Waals surface area contributed by atoms with Gasteiger partial charge in [0.15, 0.2) is 11.5 Å². The first kappa shape index (κ1) is 15.3. The Hall–Kier alpha value is -1.75. The number of para-hydroxylation sites is 1. The van der Waals surface area contributed by atoms with Gasteiger partial charge in [-0.05, 0) is 32.4 Å². The second-order valence-electron chi connectivity index (χ2n) is 4.53. The molecule has 0 bridgehead atoms. The van der Waals surface area contributed by atoms with Crippen molar-refractivity contribution in [3.8, 4) is 11.5 Å². The molecule has 19 heavy (non-hydrogen) atoms. The molecule has 1 rings (SSSR count). The molecule has 0 aliphatic heterocycles. The lowest BCUT2D eigenvalue weighted by atomic mass is 10.1. The van der Waals surface area contributed by atoms with Gasteiger partial charge in [-0.1, -0.05) is 6.07 Å². The number of nitrogens with zero attached hydrogens (tertiary/aromatic N) is 1. The zero-order valence-electron chi connectivity index (χ0n) is 11.6. The summed E-state index contributed by atoms with van der Waals surface area (Å²) in [6, 6.07) is 4.81. The number of hydrogen-bond donors (Lipinski definition) is 2. The third-order valence-electron chi connectivity index (χ3n) is 2.89. The Bertz CT molecular complexity index is 431. The summed E-state index contributed by atoms with van der Waals surface area (Å²) in [6.07, 6.45) is 0.509. The maximum absolute atomic E-state index is 12.4. The molecular weight excluding hydrogens is 246 g/mol. The molecule has 5 heteroatoms. The van der Waals surface area contributed by atoms with Crippen LogP contribution in [0.4, 0.5) is 0 Å². The van der Waals surface area contributed by atoms with E-state index in [4.69, 9.17) is 9.84 Å². The first-order chi connectivity index (χ1) is 9.02. The fraction of sp³-hybridized carbons (Fsp3) is 0.500. The van der Waals surface area contributed by atoms with E-state index >= 15 is 0 Å². The van der Waals surface area contributed by atoms with Gasteiger partial charge in [0.1, 0.15) is 0 Å². The van der Waals surface area contributed by atoms with Gasteiger partial charge in [0.05, 0.1) is 12.7 Å². The number of rotatable bonds is 6. The maximum atomic E-state index is 12.4. The zero-order valence-corrected chi connectivity index (χ0v) is 11.6. The number of benzene rings is 1. The molecule has 2 N–H and O–H groups in total. The summed E-state index contributed by atoms with van der Waals surface area (Å²) in [4.78, 5) is 14.0. The zero-order chi connectivity index (χ0) is 14.4. The highest BCUT2D eigenvalue weighted by Gasteiger charge is 2.22. The largest absolute Gasteiger partial charge is 0.504 e. The van der Waals surface area contributed by atoms with Crippen LogP contribution in [0.25, 0.3) is 0 Å². The highest BCUT2D eigenvalue weighted by atomic mass is 16.5. The molecular formula is C14H21NO4. The van der Waals surface area contributed by atoms with Crippen molar-refractivity contribution >= 4 is 5.91 Å². The first-order valence-electron chi connectivity index (χ1n) is 6.30. The van der Waals surface area contributed by atoms with Crippen molar-refractivity contribution in [3.05, 3.63) is 23.8 Å². The Balaban J connectivity index is 3.02. The molecule has 5 nitrogen and oxygen atoms in total. The number of methoxy groups -OCH3 is 1. The number of phenolic OH excluding ortho intramolecular Hbond substituents is 1. The number of phenols is 1. The minimum atomic E-state index is -0.264. The van der Waals surface area contributed by atoms with E-state index in [9.17, 15) is 9.90 Å². The Morgan fingerprint density at radius 3 is 2.63 bits per heavy atom. The van der Waals surface area contributed by atoms with Crippen LogP contribution in [0, 0.1) is 0 Å². The van der Waals surface area contributed by atoms with E-state index in [0.717, 1.165) is 0 Å². The summed E-state index contributed by atoms with van der Waals surface area (Å²) in [5.41, 5.74) is 0.214. The Morgan fingerprint density at radius 1 is 1.42 bits per heavy atom. The number of carbonyl (C=O) groups excluding carboxylic acids is 1. The summed E-state index contributed by atoms with van der Waals surface area (Å²) in [7, 11) is 1.44. The van der Waals surface area contributed by atoms with Crippen LogP contribution in [0.15, 0.2) is 18.2 Å². The SMILES string of the molecule is COc1cccc(C(=O)N(CCCO)C(C)C)c1O. The molecule has 1 aromatic carbocycles. The Morgan fingerprint density at radius 2 is 2.11 bits per heavy atom. The maximum Gasteiger partial charge on any atom is 0.257 e. The predicted octanol–water partition coefficient (Wildman–Crippen LogP) is 1.63. The summed E-state index contributed by atoms with van der Waals surface area (Å²) in [5, 5.41) is 18.9. The minimum Gasteiger partial charge on any atom is -0.504 e. The number of ether oxygens (including phenoxy) is 1. The van der Waals surface area contributed by atoms with Gasteiger partial charge in [-0.15, -0.1) is 0 Å². The van der Waals surface area contributed by atoms with Crippen molar-refractivity contribution < 1.29 is 19.7 Å². The van der Waals surface area contributed by atoms with Crippen molar-refractivity contribution in [1.29, 1.82) is 0 Å². The van der Waals surface area contributed by atoms with Crippen LogP contribution >= 0.6 is 0 Å². The highest BCUT2D eigenvalue weighted by Crippen LogP contribution is 2.30. The molecule has 0 fully saturated rings. The molecule has 0 spiro atoms. The number of hydrogen-bond acceptors (Lipinski definition) is 4. The molecule has 0 radical (unpaired) electrons. The van der Waals surface area contributed by atoms with Crippen LogP contribution in [0.2, 0.25) is 0 Å². The van der Waals surface area contributed by atoms with Gasteiger partial charge in [-0.25, -0.2) is 0 Å². The normalized spacial score (nSPS) is 10.6. The van der Waals surface area contributed by atoms with E-state index in [-0.39, 0.29) is 35.6 Å². The van der Waals surface area contributed by atoms with Crippen molar-refractivity contribution in [2.45, 2.75) is 26.3 Å². The van der Waals surface area contributed by atoms with E-state index in [1.54, 1.807) is 23.1 Å². The van der Waals surface area contributed by atoms with Gasteiger partial charge in [0.25, 0.3) is 5.91 Å². The number of aromatic hydroxyl groups is 1. The van der Waals surface area contributed by atoms with Crippen LogP contribution in [0.5, 0.6) is 11.5 Å². The van der Waals surface area contributed by atoms with Crippen molar-refractivity contribution in [3.63, 3.8) is 0 Å². The fourth-order valence-corrected chi connectivity index (χ4v) is 1.85. The predicted molar refractivity (Wildman–Crippen MR) is 72.5 cm³/mol. The average Bonchev–Trinajstić information content (AvgIpc) is 2.38. The smallest absolute Gasteiger partial charge is 0.257 e. The third-order valence-corrected chi connectivity index (χ3v) is 2.89. The number of aliphatic hydroxyl groups is 1. The first-order valence-corrected chi connectivity index (χ1v) is 6.30. The molecule has 1 amide bonds. The summed E-state index contributed by atoms with van der Waals surface area (Å²) >= 11 is 0. The lowest BCUT2D eigenvalue weighted by Gasteiger charge is -2.27. The third kappa shape index (κ3) is 3.61. The molecule has 0 heterocycles. The lowest BCUT2D eigenvalue weighted by Crippen LogP contribution is -2.38. The van der Waals surface area contributed by atoms with Gasteiger partial charge in [-0.3, -0.25) is 4.79 Å². The van der Waals surface area contributed by atoms with Crippen LogP contribution in [0.1, 0.15) is 30.6 Å². The van der Waals surface area contributed by atoms with Crippen LogP contribution in [-0.4, -0.2) is 47.3 Å². The van der Waals surface area contributed by atoms with E-state index in [1.807, 2.05) is 13.8 Å². The monoisotopic (exact) mass is 267 g/mol. The molecule has 106 valence electrons. The van der Waals surface area contributed by atoms with Crippen LogP contribution in [-0.2, 0) is 0 Å². The Labute approximate surface area is 113 Å². The second kappa shape index (κ2) is 6.99. The van der Waals surface area contributed by atoms with Gasteiger partial charge in [0, 0.05) is 19.2 Å². The van der Waals surface area contributed by atoms with Crippen LogP contribution in [0.3, 0.4) is 0 Å². The topological polar surface area (TPSA) is 70.0 Å². The molecule has 0 atom stereocenters. The second-order valence-corrected chi connectivity index (χ2v) is 4.53. The molecule has 0 unspecified atom stereocenters. The molecule has 0 aliphatic carbocycles. The van der Waals surface area contributed by atoms with E-state index in [1.165, 1.54) is 7.11 Å². The minimum absolute atomic E-state index is 0.00958. The van der Waals surface area contributed by atoms with Crippen molar-refractivity contribution in [1.82, 2.24) is 4.90 Å². The van der Waals surface area contributed by atoms with Crippen LogP contribution < -0.4 is 4.74 Å². The van der Waals surface area contributed by atoms with Gasteiger partial charge in [-0.2, -0.15) is 0 Å². The number of carbonyl (C=O) groups is 1. The quantitative estimate of drug-likeness (QED) is 0.822. The lowest BCUT2D eigenvalue weighted by molar-refractivity contribution is 0.0689. The van der Waals surface area contributed by atoms with Crippen molar-refractivity contribution in [2.75, 3.05) is 20.3 Å². The molecule has 0 saturated carbocycles. The standard InChI is InChI=1S/C14H21NO4/c1-10(2)15(8-5-9-16)14(18)11-6-4-7-12(19-3)13(11)17/h4,6-7,10,16-17H,5,8-9H2,1-3H3. The van der Waals surface area contributed by atoms with E-state index in [0.29, 0.717) is 13.0 Å². The molecule has 0 aliphatic rings. The molecule has 0 aromatic heterocycles. The van der Waals surface area contributed by atoms with Gasteiger partial charge < -0.3 is 19.8 Å². The van der Waals surface area contributed by atoms with Gasteiger partial charge in [0.2, 0.25) is 0 Å². The Kier molecular flexibility index (Phi) is 5.63. The van der Waals surface area contributed by atoms with E-state index in [2.05, 4.69) is 0 Å². The van der Waals surface area contributed by atoms with Crippen molar-refractivity contribution in [2.24, 2.45) is 0 Å². The van der Waals surface area contributed by atoms with Gasteiger partial charge >= 0.3 is 0 Å². The fourth-order valence-electron chi connectivity index (χ4n) is 1.85. The summed E-state index contributed by atoms with van der Waals surface area (Å²) in [5.74, 6) is -0.138. The van der Waals surface area contributed by atoms with E-state index < -0.39 is 0 Å². The highest BCUT2D eigenvalue weighted by molar-refractivity contribution is 5.97. The molecule has 1 aromatic rings. The number of aliphatic hydroxyl groups excluding tert-OH is 1.